The highest BCUT2D eigenvalue weighted by Gasteiger charge is 2.26. The van der Waals surface area contributed by atoms with E-state index in [2.05, 4.69) is 10.3 Å². The summed E-state index contributed by atoms with van der Waals surface area (Å²) in [6.45, 7) is -0.0952. The van der Waals surface area contributed by atoms with Crippen LogP contribution in [0.1, 0.15) is 6.85 Å². The monoisotopic (exact) mass is 209 g/mol. The molecule has 0 bridgehead atoms. The highest BCUT2D eigenvalue weighted by Crippen LogP contribution is 2.31. The van der Waals surface area contributed by atoms with Crippen molar-refractivity contribution in [2.45, 2.75) is 6.10 Å². The molecule has 0 amide bonds. The highest BCUT2D eigenvalue weighted by atomic mass is 16.6. The van der Waals surface area contributed by atoms with Crippen molar-refractivity contribution < 1.29 is 16.3 Å². The Morgan fingerprint density at radius 1 is 1.47 bits per heavy atom. The zero-order chi connectivity index (χ0) is 14.4. The number of para-hydroxylation sites is 2. The summed E-state index contributed by atoms with van der Waals surface area (Å²) in [6, 6.07) is -1.23. The Bertz CT molecular complexity index is 607. The summed E-state index contributed by atoms with van der Waals surface area (Å²) in [4.78, 5) is 4.05. The third-order valence-corrected chi connectivity index (χ3v) is 2.17. The van der Waals surface area contributed by atoms with E-state index in [4.69, 9.17) is 16.3 Å². The predicted octanol–water partition coefficient (Wildman–Crippen LogP) is 0.828. The maximum absolute atomic E-state index is 7.82. The van der Waals surface area contributed by atoms with Gasteiger partial charge < -0.3 is 14.8 Å². The number of rotatable bonds is 1. The molecule has 4 nitrogen and oxygen atoms in total. The summed E-state index contributed by atoms with van der Waals surface area (Å²) in [5.74, 6) is 0.488. The van der Waals surface area contributed by atoms with Crippen molar-refractivity contribution in [2.75, 3.05) is 19.7 Å². The summed E-state index contributed by atoms with van der Waals surface area (Å²) in [5, 5.41) is 2.93. The molecule has 3 rings (SSSR count). The van der Waals surface area contributed by atoms with Crippen LogP contribution in [0.25, 0.3) is 0 Å². The van der Waals surface area contributed by atoms with Gasteiger partial charge in [0.15, 0.2) is 17.6 Å². The Hall–Kier alpha value is -1.71. The van der Waals surface area contributed by atoms with Crippen LogP contribution in [0.15, 0.2) is 29.2 Å². The number of amidine groups is 1. The molecule has 0 saturated heterocycles. The maximum Gasteiger partial charge on any atom is 0.189 e. The Balaban J connectivity index is 1.97. The molecule has 2 aliphatic rings. The van der Waals surface area contributed by atoms with Crippen LogP contribution >= 0.6 is 0 Å². The molecule has 0 aliphatic carbocycles. The first kappa shape index (κ1) is 4.88. The first-order chi connectivity index (χ1) is 9.49. The standard InChI is InChI=1S/C11H12N2O2/c1-2-4-9-8(3-1)14-7-10(15-9)11-12-5-6-13-11/h1-4,10H,5-7H2,(H,12,13)/i1D,2D,3D,4D,5D/t5-,10?/m0/s1. The average Bonchev–Trinajstić information content (AvgIpc) is 2.89. The van der Waals surface area contributed by atoms with E-state index in [1.54, 1.807) is 0 Å². The van der Waals surface area contributed by atoms with Gasteiger partial charge in [0.25, 0.3) is 0 Å². The Morgan fingerprint density at radius 2 is 2.33 bits per heavy atom. The molecule has 1 aromatic rings. The second kappa shape index (κ2) is 3.46. The number of fused-ring (bicyclic) bond motifs is 1. The Kier molecular flexibility index (Phi) is 1.12. The van der Waals surface area contributed by atoms with Gasteiger partial charge in [0.2, 0.25) is 0 Å². The van der Waals surface area contributed by atoms with Crippen molar-refractivity contribution in [1.29, 1.82) is 0 Å². The predicted molar refractivity (Wildman–Crippen MR) is 56.7 cm³/mol. The lowest BCUT2D eigenvalue weighted by Crippen LogP contribution is -2.42. The molecule has 15 heavy (non-hydrogen) atoms. The zero-order valence-corrected chi connectivity index (χ0v) is 7.83. The van der Waals surface area contributed by atoms with Gasteiger partial charge in [0, 0.05) is 6.54 Å². The normalized spacial score (nSPS) is 32.8. The van der Waals surface area contributed by atoms with E-state index in [0.717, 1.165) is 0 Å². The molecule has 78 valence electrons. The van der Waals surface area contributed by atoms with Crippen LogP contribution in [0.4, 0.5) is 0 Å². The summed E-state index contributed by atoms with van der Waals surface area (Å²) in [6.07, 6.45) is -0.586. The lowest BCUT2D eigenvalue weighted by molar-refractivity contribution is 0.133. The van der Waals surface area contributed by atoms with E-state index >= 15 is 0 Å². The van der Waals surface area contributed by atoms with Crippen molar-refractivity contribution in [3.8, 4) is 11.5 Å². The van der Waals surface area contributed by atoms with Gasteiger partial charge >= 0.3 is 0 Å². The Morgan fingerprint density at radius 3 is 3.13 bits per heavy atom. The molecule has 2 heterocycles. The maximum atomic E-state index is 7.82. The van der Waals surface area contributed by atoms with Gasteiger partial charge in [-0.25, -0.2) is 0 Å². The van der Waals surface area contributed by atoms with Crippen LogP contribution in [-0.2, 0) is 0 Å². The molecule has 1 N–H and O–H groups in total. The van der Waals surface area contributed by atoms with Crippen LogP contribution in [0.2, 0.25) is 0 Å². The fourth-order valence-electron chi connectivity index (χ4n) is 1.48. The average molecular weight is 209 g/mol. The van der Waals surface area contributed by atoms with E-state index in [1.165, 1.54) is 0 Å². The van der Waals surface area contributed by atoms with E-state index in [-0.39, 0.29) is 42.3 Å². The second-order valence-corrected chi connectivity index (χ2v) is 3.15. The van der Waals surface area contributed by atoms with Crippen molar-refractivity contribution in [3.05, 3.63) is 24.2 Å². The van der Waals surface area contributed by atoms with Gasteiger partial charge in [-0.05, 0) is 12.1 Å². The third-order valence-electron chi connectivity index (χ3n) is 2.17. The minimum Gasteiger partial charge on any atom is -0.485 e. The van der Waals surface area contributed by atoms with Crippen molar-refractivity contribution in [1.82, 2.24) is 5.32 Å². The topological polar surface area (TPSA) is 42.8 Å². The number of hydrogen-bond acceptors (Lipinski definition) is 4. The molecule has 0 fully saturated rings. The minimum atomic E-state index is -0.586. The summed E-state index contributed by atoms with van der Waals surface area (Å²) in [5.41, 5.74) is 0. The number of aliphatic imine (C=N–C) groups is 1. The van der Waals surface area contributed by atoms with Gasteiger partial charge in [0.1, 0.15) is 12.4 Å². The summed E-state index contributed by atoms with van der Waals surface area (Å²) >= 11 is 0. The quantitative estimate of drug-likeness (QED) is 0.745. The molecule has 2 aliphatic heterocycles. The molecule has 0 saturated carbocycles. The molecule has 1 aromatic carbocycles. The van der Waals surface area contributed by atoms with Gasteiger partial charge in [-0.3, -0.25) is 4.99 Å². The first-order valence-electron chi connectivity index (χ1n) is 7.20. The number of nitrogens with zero attached hydrogens (tertiary/aromatic N) is 1. The molecule has 0 radical (unpaired) electrons. The number of benzene rings is 1. The van der Waals surface area contributed by atoms with Crippen molar-refractivity contribution in [3.63, 3.8) is 0 Å². The second-order valence-electron chi connectivity index (χ2n) is 3.15. The lowest BCUT2D eigenvalue weighted by Gasteiger charge is -2.26. The highest BCUT2D eigenvalue weighted by molar-refractivity contribution is 5.88. The third kappa shape index (κ3) is 1.52. The molecule has 0 aromatic heterocycles. The number of ether oxygens (including phenoxy) is 2. The van der Waals surface area contributed by atoms with Crippen LogP contribution in [-0.4, -0.2) is 31.6 Å². The fraction of sp³-hybridized carbons (Fsp3) is 0.364. The van der Waals surface area contributed by atoms with E-state index in [1.807, 2.05) is 0 Å². The molecule has 0 spiro atoms. The summed E-state index contributed by atoms with van der Waals surface area (Å²) < 4.78 is 49.3. The number of hydrogen-bond donors (Lipinski definition) is 1. The zero-order valence-electron chi connectivity index (χ0n) is 12.8. The molecule has 1 unspecified atom stereocenters. The van der Waals surface area contributed by atoms with Gasteiger partial charge in [-0.2, -0.15) is 0 Å². The molecule has 4 heteroatoms. The van der Waals surface area contributed by atoms with E-state index in [0.29, 0.717) is 12.4 Å². The SMILES string of the molecule is [2H]c1c([2H])c([2H])c2c(c1[2H])OCC(C1=N[C@@H]([2H])CN1)O2. The van der Waals surface area contributed by atoms with Gasteiger partial charge in [-0.1, -0.05) is 12.1 Å². The van der Waals surface area contributed by atoms with Crippen molar-refractivity contribution >= 4 is 5.84 Å². The fourth-order valence-corrected chi connectivity index (χ4v) is 1.48. The molecule has 2 atom stereocenters. The molecular formula is C11H12N2O2. The van der Waals surface area contributed by atoms with Crippen molar-refractivity contribution in [2.24, 2.45) is 4.99 Å². The minimum absolute atomic E-state index is 0.00909. The number of nitrogens with one attached hydrogen (secondary N) is 1. The smallest absolute Gasteiger partial charge is 0.189 e. The van der Waals surface area contributed by atoms with Gasteiger partial charge in [-0.15, -0.1) is 0 Å². The van der Waals surface area contributed by atoms with Crippen LogP contribution < -0.4 is 14.8 Å². The van der Waals surface area contributed by atoms with Crippen LogP contribution in [0.5, 0.6) is 11.5 Å². The van der Waals surface area contributed by atoms with Crippen LogP contribution in [0, 0.1) is 0 Å². The van der Waals surface area contributed by atoms with E-state index < -0.39 is 12.6 Å². The summed E-state index contributed by atoms with van der Waals surface area (Å²) in [7, 11) is 0. The lowest BCUT2D eigenvalue weighted by atomic mass is 10.2. The largest absolute Gasteiger partial charge is 0.485 e. The van der Waals surface area contributed by atoms with Gasteiger partial charge in [0.05, 0.1) is 13.4 Å². The Labute approximate surface area is 94.9 Å². The molecular weight excluding hydrogens is 192 g/mol. The van der Waals surface area contributed by atoms with Crippen LogP contribution in [0.3, 0.4) is 0 Å². The van der Waals surface area contributed by atoms with E-state index in [9.17, 15) is 0 Å². The first-order valence-corrected chi connectivity index (χ1v) is 4.62.